The summed E-state index contributed by atoms with van der Waals surface area (Å²) in [4.78, 5) is 17.7. The molecular formula is C30H37F2N5O2. The minimum absolute atomic E-state index is 0.0626. The average Bonchev–Trinajstić information content (AvgIpc) is 3.41. The number of fused-ring (bicyclic) bond motifs is 1. The first-order valence-corrected chi connectivity index (χ1v) is 14.0. The molecule has 3 aromatic rings. The van der Waals surface area contributed by atoms with E-state index in [0.717, 1.165) is 68.3 Å². The Kier molecular flexibility index (Phi) is 9.01. The largest absolute Gasteiger partial charge is 0.381 e. The third-order valence-electron chi connectivity index (χ3n) is 7.70. The van der Waals surface area contributed by atoms with Gasteiger partial charge in [0.05, 0.1) is 17.9 Å². The van der Waals surface area contributed by atoms with Crippen molar-refractivity contribution in [2.75, 3.05) is 18.5 Å². The zero-order valence-corrected chi connectivity index (χ0v) is 22.4. The van der Waals surface area contributed by atoms with Crippen molar-refractivity contribution >= 4 is 11.7 Å². The monoisotopic (exact) mass is 537 g/mol. The Bertz CT molecular complexity index is 1270. The van der Waals surface area contributed by atoms with E-state index >= 15 is 0 Å². The maximum absolute atomic E-state index is 14.4. The molecule has 0 bridgehead atoms. The molecule has 208 valence electrons. The highest BCUT2D eigenvalue weighted by Gasteiger charge is 2.27. The summed E-state index contributed by atoms with van der Waals surface area (Å²) in [6, 6.07) is 10.5. The van der Waals surface area contributed by atoms with E-state index in [4.69, 9.17) is 4.74 Å². The topological polar surface area (TPSA) is 80.2 Å². The van der Waals surface area contributed by atoms with Crippen LogP contribution in [0.1, 0.15) is 55.7 Å². The van der Waals surface area contributed by atoms with Gasteiger partial charge in [-0.2, -0.15) is 0 Å². The molecule has 1 saturated heterocycles. The number of benzene rings is 2. The summed E-state index contributed by atoms with van der Waals surface area (Å²) in [6.45, 7) is 4.35. The van der Waals surface area contributed by atoms with Crippen LogP contribution in [0, 0.1) is 11.6 Å². The molecule has 1 amide bonds. The Balaban J connectivity index is 1.22. The number of rotatable bonds is 10. The highest BCUT2D eigenvalue weighted by Crippen LogP contribution is 2.26. The Labute approximate surface area is 228 Å². The van der Waals surface area contributed by atoms with Crippen LogP contribution in [0.15, 0.2) is 48.9 Å². The normalized spacial score (nSPS) is 18.5. The summed E-state index contributed by atoms with van der Waals surface area (Å²) < 4.78 is 35.4. The average molecular weight is 538 g/mol. The second-order valence-electron chi connectivity index (χ2n) is 10.5. The summed E-state index contributed by atoms with van der Waals surface area (Å²) in [7, 11) is 0. The zero-order valence-electron chi connectivity index (χ0n) is 22.4. The van der Waals surface area contributed by atoms with E-state index in [2.05, 4.69) is 27.0 Å². The van der Waals surface area contributed by atoms with Gasteiger partial charge in [0, 0.05) is 37.9 Å². The van der Waals surface area contributed by atoms with Gasteiger partial charge in [0.15, 0.2) is 5.82 Å². The predicted molar refractivity (Wildman–Crippen MR) is 147 cm³/mol. The summed E-state index contributed by atoms with van der Waals surface area (Å²) in [5.41, 5.74) is 3.41. The van der Waals surface area contributed by atoms with E-state index in [-0.39, 0.29) is 11.9 Å². The van der Waals surface area contributed by atoms with E-state index in [0.29, 0.717) is 36.7 Å². The van der Waals surface area contributed by atoms with Crippen LogP contribution in [0.2, 0.25) is 0 Å². The van der Waals surface area contributed by atoms with Crippen molar-refractivity contribution in [2.24, 2.45) is 0 Å². The predicted octanol–water partition coefficient (Wildman–Crippen LogP) is 4.67. The van der Waals surface area contributed by atoms with Gasteiger partial charge in [0.1, 0.15) is 18.0 Å². The van der Waals surface area contributed by atoms with Crippen LogP contribution in [0.25, 0.3) is 5.69 Å². The van der Waals surface area contributed by atoms with Gasteiger partial charge < -0.3 is 25.3 Å². The Morgan fingerprint density at radius 2 is 1.97 bits per heavy atom. The smallest absolute Gasteiger partial charge is 0.242 e. The lowest BCUT2D eigenvalue weighted by Crippen LogP contribution is -2.48. The number of halogens is 2. The molecule has 3 N–H and O–H groups in total. The molecule has 2 aromatic carbocycles. The third-order valence-corrected chi connectivity index (χ3v) is 7.70. The number of carbonyl (C=O) groups is 1. The number of nitrogens with zero attached hydrogens (tertiary/aromatic N) is 2. The first-order valence-electron chi connectivity index (χ1n) is 14.0. The number of nitrogens with one attached hydrogen (secondary N) is 3. The minimum Gasteiger partial charge on any atom is -0.381 e. The number of anilines is 1. The fourth-order valence-electron chi connectivity index (χ4n) is 5.59. The molecule has 5 rings (SSSR count). The Morgan fingerprint density at radius 3 is 2.79 bits per heavy atom. The first-order chi connectivity index (χ1) is 19.0. The SMILES string of the molecule is CCCC(N[C@H]1CCc2cc(F)cc(F)c2C1)C(=O)Nc1cn(-c2ccccc2CNC2CCOCC2)cn1. The fourth-order valence-corrected chi connectivity index (χ4v) is 5.59. The maximum atomic E-state index is 14.4. The van der Waals surface area contributed by atoms with Crippen LogP contribution in [0.4, 0.5) is 14.6 Å². The number of amides is 1. The number of hydrogen-bond acceptors (Lipinski definition) is 5. The quantitative estimate of drug-likeness (QED) is 0.350. The fraction of sp³-hybridized carbons (Fsp3) is 0.467. The van der Waals surface area contributed by atoms with Crippen molar-refractivity contribution in [1.82, 2.24) is 20.2 Å². The summed E-state index contributed by atoms with van der Waals surface area (Å²) in [5.74, 6) is -0.743. The van der Waals surface area contributed by atoms with E-state index in [9.17, 15) is 13.6 Å². The molecular weight excluding hydrogens is 500 g/mol. The molecule has 1 aliphatic heterocycles. The third kappa shape index (κ3) is 6.90. The summed E-state index contributed by atoms with van der Waals surface area (Å²) in [6.07, 6.45) is 8.75. The number of carbonyl (C=O) groups excluding carboxylic acids is 1. The maximum Gasteiger partial charge on any atom is 0.242 e. The van der Waals surface area contributed by atoms with Gasteiger partial charge in [0.25, 0.3) is 0 Å². The second-order valence-corrected chi connectivity index (χ2v) is 10.5. The molecule has 1 unspecified atom stereocenters. The number of para-hydroxylation sites is 1. The Morgan fingerprint density at radius 1 is 1.15 bits per heavy atom. The first kappa shape index (κ1) is 27.4. The van der Waals surface area contributed by atoms with Crippen LogP contribution in [0.3, 0.4) is 0 Å². The highest BCUT2D eigenvalue weighted by atomic mass is 19.1. The molecule has 2 heterocycles. The van der Waals surface area contributed by atoms with Crippen molar-refractivity contribution in [3.8, 4) is 5.69 Å². The molecule has 0 radical (unpaired) electrons. The summed E-state index contributed by atoms with van der Waals surface area (Å²) in [5, 5.41) is 10.0. The number of aromatic nitrogens is 2. The molecule has 0 spiro atoms. The molecule has 1 fully saturated rings. The second kappa shape index (κ2) is 12.8. The van der Waals surface area contributed by atoms with Gasteiger partial charge in [-0.05, 0) is 67.3 Å². The zero-order chi connectivity index (χ0) is 27.2. The van der Waals surface area contributed by atoms with E-state index in [1.165, 1.54) is 6.07 Å². The van der Waals surface area contributed by atoms with Crippen molar-refractivity contribution in [1.29, 1.82) is 0 Å². The molecule has 2 atom stereocenters. The van der Waals surface area contributed by atoms with Crippen LogP contribution >= 0.6 is 0 Å². The molecule has 39 heavy (non-hydrogen) atoms. The molecule has 7 nitrogen and oxygen atoms in total. The van der Waals surface area contributed by atoms with Gasteiger partial charge in [-0.25, -0.2) is 13.8 Å². The lowest BCUT2D eigenvalue weighted by Gasteiger charge is -2.29. The van der Waals surface area contributed by atoms with Gasteiger partial charge in [-0.15, -0.1) is 0 Å². The van der Waals surface area contributed by atoms with Gasteiger partial charge in [-0.1, -0.05) is 31.5 Å². The molecule has 9 heteroatoms. The van der Waals surface area contributed by atoms with Crippen LogP contribution in [0.5, 0.6) is 0 Å². The van der Waals surface area contributed by atoms with Gasteiger partial charge in [-0.3, -0.25) is 4.79 Å². The lowest BCUT2D eigenvalue weighted by molar-refractivity contribution is -0.118. The van der Waals surface area contributed by atoms with Crippen molar-refractivity contribution < 1.29 is 18.3 Å². The number of imidazole rings is 1. The summed E-state index contributed by atoms with van der Waals surface area (Å²) >= 11 is 0. The molecule has 0 saturated carbocycles. The van der Waals surface area contributed by atoms with Crippen LogP contribution in [-0.2, 0) is 28.9 Å². The highest BCUT2D eigenvalue weighted by molar-refractivity contribution is 5.94. The molecule has 1 aliphatic carbocycles. The van der Waals surface area contributed by atoms with E-state index in [1.807, 2.05) is 35.9 Å². The molecule has 1 aromatic heterocycles. The lowest BCUT2D eigenvalue weighted by atomic mass is 9.87. The van der Waals surface area contributed by atoms with E-state index in [1.54, 1.807) is 6.33 Å². The van der Waals surface area contributed by atoms with Crippen LogP contribution < -0.4 is 16.0 Å². The number of hydrogen-bond donors (Lipinski definition) is 3. The minimum atomic E-state index is -0.543. The van der Waals surface area contributed by atoms with Crippen LogP contribution in [-0.4, -0.2) is 46.8 Å². The van der Waals surface area contributed by atoms with Gasteiger partial charge in [0.2, 0.25) is 5.91 Å². The van der Waals surface area contributed by atoms with Crippen molar-refractivity contribution in [3.63, 3.8) is 0 Å². The Hall–Kier alpha value is -3.14. The number of ether oxygens (including phenoxy) is 1. The van der Waals surface area contributed by atoms with Gasteiger partial charge >= 0.3 is 0 Å². The van der Waals surface area contributed by atoms with Crippen molar-refractivity contribution in [3.05, 3.63) is 77.2 Å². The van der Waals surface area contributed by atoms with Crippen molar-refractivity contribution in [2.45, 2.75) is 76.5 Å². The van der Waals surface area contributed by atoms with E-state index < -0.39 is 17.7 Å². The molecule has 2 aliphatic rings. The number of aryl methyl sites for hydroxylation is 1. The standard InChI is InChI=1S/C30H37F2N5O2/c1-2-5-27(35-24-9-8-20-14-22(31)15-26(32)25(20)16-24)30(38)36-29-18-37(19-34-29)28-7-4-3-6-21(28)17-33-23-10-12-39-13-11-23/h3-4,6-7,14-15,18-19,23-24,27,33,35H,2,5,8-13,16-17H2,1H3,(H,36,38)/t24-,27?/m0/s1.